The maximum absolute atomic E-state index is 12.1. The first-order valence-electron chi connectivity index (χ1n) is 7.83. The first-order chi connectivity index (χ1) is 11.9. The topological polar surface area (TPSA) is 75.9 Å². The van der Waals surface area contributed by atoms with Gasteiger partial charge in [-0.1, -0.05) is 6.07 Å². The molecule has 0 spiro atoms. The van der Waals surface area contributed by atoms with Crippen LogP contribution in [0.15, 0.2) is 29.6 Å². The molecule has 0 bridgehead atoms. The van der Waals surface area contributed by atoms with Crippen molar-refractivity contribution in [3.8, 4) is 16.5 Å². The predicted octanol–water partition coefficient (Wildman–Crippen LogP) is 2.51. The molecule has 3 aromatic heterocycles. The molecule has 1 amide bonds. The third-order valence-electron chi connectivity index (χ3n) is 3.41. The first-order valence-corrected chi connectivity index (χ1v) is 8.71. The van der Waals surface area contributed by atoms with Gasteiger partial charge in [-0.15, -0.1) is 11.3 Å². The number of hydrogen-bond acceptors (Lipinski definition) is 6. The molecule has 0 fully saturated rings. The number of aromatic nitrogens is 4. The second-order valence-electron chi connectivity index (χ2n) is 6.04. The number of anilines is 1. The number of likely N-dealkylation sites (N-methyl/N-ethyl adjacent to an activating group) is 1. The van der Waals surface area contributed by atoms with Crippen molar-refractivity contribution in [1.29, 1.82) is 0 Å². The average molecular weight is 356 g/mol. The Hall–Kier alpha value is -2.58. The van der Waals surface area contributed by atoms with Crippen LogP contribution in [0.2, 0.25) is 0 Å². The van der Waals surface area contributed by atoms with Crippen molar-refractivity contribution in [2.45, 2.75) is 13.8 Å². The van der Waals surface area contributed by atoms with Crippen LogP contribution in [0, 0.1) is 13.8 Å². The van der Waals surface area contributed by atoms with E-state index in [4.69, 9.17) is 0 Å². The zero-order valence-corrected chi connectivity index (χ0v) is 15.5. The van der Waals surface area contributed by atoms with Crippen LogP contribution < -0.4 is 5.32 Å². The summed E-state index contributed by atoms with van der Waals surface area (Å²) in [6.07, 6.45) is 0. The summed E-state index contributed by atoms with van der Waals surface area (Å²) in [6, 6.07) is 7.63. The number of amides is 1. The van der Waals surface area contributed by atoms with Crippen LogP contribution in [0.1, 0.15) is 11.4 Å². The van der Waals surface area contributed by atoms with Gasteiger partial charge in [-0.2, -0.15) is 5.10 Å². The number of nitrogens with zero attached hydrogens (tertiary/aromatic N) is 5. The number of hydrogen-bond donors (Lipinski definition) is 1. The summed E-state index contributed by atoms with van der Waals surface area (Å²) in [5, 5.41) is 9.30. The third-order valence-corrected chi connectivity index (χ3v) is 4.27. The van der Waals surface area contributed by atoms with E-state index in [9.17, 15) is 4.79 Å². The van der Waals surface area contributed by atoms with Gasteiger partial charge in [-0.3, -0.25) is 4.79 Å². The van der Waals surface area contributed by atoms with Crippen LogP contribution in [-0.4, -0.2) is 51.2 Å². The zero-order valence-electron chi connectivity index (χ0n) is 14.6. The van der Waals surface area contributed by atoms with Gasteiger partial charge in [-0.05, 0) is 45.5 Å². The van der Waals surface area contributed by atoms with E-state index < -0.39 is 0 Å². The minimum absolute atomic E-state index is 0.125. The first kappa shape index (κ1) is 17.2. The third kappa shape index (κ3) is 4.09. The molecular formula is C17H20N6OS. The van der Waals surface area contributed by atoms with Gasteiger partial charge in [-0.25, -0.2) is 14.6 Å². The number of rotatable bonds is 5. The highest BCUT2D eigenvalue weighted by atomic mass is 32.1. The Labute approximate surface area is 150 Å². The number of thiophene rings is 1. The fraction of sp³-hybridized carbons (Fsp3) is 0.294. The monoisotopic (exact) mass is 356 g/mol. The largest absolute Gasteiger partial charge is 0.309 e. The van der Waals surface area contributed by atoms with Crippen molar-refractivity contribution in [3.63, 3.8) is 0 Å². The SMILES string of the molecule is Cc1cc(C)n(-c2cc(NC(=O)CN(C)C)nc(-c3cccs3)n2)n1. The Balaban J connectivity index is 2.03. The number of nitrogens with one attached hydrogen (secondary N) is 1. The highest BCUT2D eigenvalue weighted by molar-refractivity contribution is 7.13. The van der Waals surface area contributed by atoms with Crippen molar-refractivity contribution in [3.05, 3.63) is 41.0 Å². The molecule has 3 aromatic rings. The van der Waals surface area contributed by atoms with Gasteiger partial charge >= 0.3 is 0 Å². The molecule has 0 aliphatic rings. The molecule has 3 rings (SSSR count). The van der Waals surface area contributed by atoms with Crippen LogP contribution in [0.25, 0.3) is 16.5 Å². The molecule has 0 aliphatic heterocycles. The van der Waals surface area contributed by atoms with E-state index >= 15 is 0 Å². The molecule has 0 aliphatic carbocycles. The van der Waals surface area contributed by atoms with E-state index in [2.05, 4.69) is 20.4 Å². The number of carbonyl (C=O) groups excluding carboxylic acids is 1. The van der Waals surface area contributed by atoms with E-state index in [0.29, 0.717) is 17.5 Å². The molecule has 0 unspecified atom stereocenters. The van der Waals surface area contributed by atoms with E-state index in [1.54, 1.807) is 27.0 Å². The molecule has 0 saturated heterocycles. The van der Waals surface area contributed by atoms with Gasteiger partial charge in [0.25, 0.3) is 0 Å². The molecule has 8 heteroatoms. The molecule has 3 heterocycles. The Morgan fingerprint density at radius 1 is 1.28 bits per heavy atom. The molecular weight excluding hydrogens is 336 g/mol. The lowest BCUT2D eigenvalue weighted by Gasteiger charge is -2.12. The van der Waals surface area contributed by atoms with Crippen LogP contribution >= 0.6 is 11.3 Å². The minimum atomic E-state index is -0.125. The summed E-state index contributed by atoms with van der Waals surface area (Å²) >= 11 is 1.55. The Bertz CT molecular complexity index is 885. The van der Waals surface area contributed by atoms with Crippen molar-refractivity contribution in [1.82, 2.24) is 24.6 Å². The van der Waals surface area contributed by atoms with Crippen LogP contribution in [0.5, 0.6) is 0 Å². The van der Waals surface area contributed by atoms with Crippen LogP contribution in [-0.2, 0) is 4.79 Å². The Kier molecular flexibility index (Phi) is 4.91. The fourth-order valence-corrected chi connectivity index (χ4v) is 3.11. The second-order valence-corrected chi connectivity index (χ2v) is 6.98. The van der Waals surface area contributed by atoms with Gasteiger partial charge in [0.1, 0.15) is 5.82 Å². The number of aryl methyl sites for hydroxylation is 2. The van der Waals surface area contributed by atoms with Crippen molar-refractivity contribution >= 4 is 23.1 Å². The summed E-state index contributed by atoms with van der Waals surface area (Å²) < 4.78 is 1.76. The summed E-state index contributed by atoms with van der Waals surface area (Å²) in [5.41, 5.74) is 1.88. The van der Waals surface area contributed by atoms with Gasteiger partial charge < -0.3 is 10.2 Å². The molecule has 0 aromatic carbocycles. The van der Waals surface area contributed by atoms with E-state index in [-0.39, 0.29) is 12.5 Å². The van der Waals surface area contributed by atoms with Gasteiger partial charge in [0.15, 0.2) is 11.6 Å². The van der Waals surface area contributed by atoms with E-state index in [0.717, 1.165) is 16.3 Å². The summed E-state index contributed by atoms with van der Waals surface area (Å²) in [4.78, 5) is 24.0. The lowest BCUT2D eigenvalue weighted by atomic mass is 10.4. The predicted molar refractivity (Wildman–Crippen MR) is 99.1 cm³/mol. The summed E-state index contributed by atoms with van der Waals surface area (Å²) in [5.74, 6) is 1.54. The molecule has 25 heavy (non-hydrogen) atoms. The zero-order chi connectivity index (χ0) is 18.0. The van der Waals surface area contributed by atoms with Gasteiger partial charge in [0, 0.05) is 11.8 Å². The van der Waals surface area contributed by atoms with E-state index in [1.807, 2.05) is 51.5 Å². The van der Waals surface area contributed by atoms with Crippen molar-refractivity contribution in [2.75, 3.05) is 26.0 Å². The molecule has 0 radical (unpaired) electrons. The minimum Gasteiger partial charge on any atom is -0.309 e. The highest BCUT2D eigenvalue weighted by Crippen LogP contribution is 2.24. The lowest BCUT2D eigenvalue weighted by molar-refractivity contribution is -0.116. The normalized spacial score (nSPS) is 11.1. The van der Waals surface area contributed by atoms with Crippen LogP contribution in [0.4, 0.5) is 5.82 Å². The summed E-state index contributed by atoms with van der Waals surface area (Å²) in [6.45, 7) is 4.19. The Morgan fingerprint density at radius 2 is 2.08 bits per heavy atom. The second kappa shape index (κ2) is 7.12. The molecule has 0 saturated carbocycles. The molecule has 130 valence electrons. The van der Waals surface area contributed by atoms with Gasteiger partial charge in [0.05, 0.1) is 17.1 Å². The Morgan fingerprint density at radius 3 is 2.68 bits per heavy atom. The number of carbonyl (C=O) groups is 1. The average Bonchev–Trinajstić information content (AvgIpc) is 3.15. The lowest BCUT2D eigenvalue weighted by Crippen LogP contribution is -2.27. The van der Waals surface area contributed by atoms with Crippen molar-refractivity contribution < 1.29 is 4.79 Å². The standard InChI is InChI=1S/C17H20N6OS/c1-11-8-12(2)23(21-11)15-9-14(18-16(24)10-22(3)4)19-17(20-15)13-6-5-7-25-13/h5-9H,10H2,1-4H3,(H,18,19,20,24). The van der Waals surface area contributed by atoms with Crippen LogP contribution in [0.3, 0.4) is 0 Å². The quantitative estimate of drug-likeness (QED) is 0.760. The molecule has 1 N–H and O–H groups in total. The molecule has 0 atom stereocenters. The van der Waals surface area contributed by atoms with Crippen molar-refractivity contribution in [2.24, 2.45) is 0 Å². The van der Waals surface area contributed by atoms with E-state index in [1.165, 1.54) is 0 Å². The smallest absolute Gasteiger partial charge is 0.239 e. The maximum Gasteiger partial charge on any atom is 0.239 e. The van der Waals surface area contributed by atoms with Gasteiger partial charge in [0.2, 0.25) is 5.91 Å². The highest BCUT2D eigenvalue weighted by Gasteiger charge is 2.13. The summed E-state index contributed by atoms with van der Waals surface area (Å²) in [7, 11) is 3.69. The maximum atomic E-state index is 12.1. The molecule has 7 nitrogen and oxygen atoms in total. The fourth-order valence-electron chi connectivity index (χ4n) is 2.45.